The van der Waals surface area contributed by atoms with E-state index < -0.39 is 23.8 Å². The average Bonchev–Trinajstić information content (AvgIpc) is 3.21. The number of aliphatic carboxylic acids is 2. The van der Waals surface area contributed by atoms with Crippen molar-refractivity contribution >= 4 is 46.8 Å². The minimum Gasteiger partial charge on any atom is -0.481 e. The first-order chi connectivity index (χ1) is 29.8. The fourth-order valence-corrected chi connectivity index (χ4v) is 6.80. The smallest absolute Gasteiger partial charge is 0.306 e. The van der Waals surface area contributed by atoms with Gasteiger partial charge in [0, 0.05) is 58.1 Å². The van der Waals surface area contributed by atoms with Crippen molar-refractivity contribution in [2.75, 3.05) is 59.4 Å². The van der Waals surface area contributed by atoms with Crippen LogP contribution in [0.4, 0.5) is 0 Å². The second-order valence-electron chi connectivity index (χ2n) is 16.5. The topological polar surface area (TPSA) is 226 Å². The van der Waals surface area contributed by atoms with E-state index in [1.807, 2.05) is 0 Å². The largest absolute Gasteiger partial charge is 0.481 e. The van der Waals surface area contributed by atoms with Gasteiger partial charge in [-0.2, -0.15) is 0 Å². The SMILES string of the molecule is CC(=O)CCCCCCCCCCCCCCCCCCC(=O)C[C@@H](CCC(=O)NCCOCCOCC(=O)CCCOCCOCC(=O)C[C@@H](CCC(C)=O)C(=O)O)C(=O)O. The highest BCUT2D eigenvalue weighted by Crippen LogP contribution is 2.18. The number of ketones is 5. The Morgan fingerprint density at radius 1 is 0.403 bits per heavy atom. The lowest BCUT2D eigenvalue weighted by molar-refractivity contribution is -0.145. The molecule has 0 radical (unpaired) electrons. The number of rotatable bonds is 48. The lowest BCUT2D eigenvalue weighted by Gasteiger charge is -2.12. The van der Waals surface area contributed by atoms with Crippen LogP contribution in [-0.4, -0.2) is 116 Å². The van der Waals surface area contributed by atoms with Crippen molar-refractivity contribution in [1.29, 1.82) is 0 Å². The van der Waals surface area contributed by atoms with Gasteiger partial charge in [0.25, 0.3) is 0 Å². The van der Waals surface area contributed by atoms with Crippen molar-refractivity contribution in [3.8, 4) is 0 Å². The van der Waals surface area contributed by atoms with Gasteiger partial charge in [0.1, 0.15) is 30.6 Å². The summed E-state index contributed by atoms with van der Waals surface area (Å²) in [4.78, 5) is 93.7. The minimum absolute atomic E-state index is 0.000636. The molecule has 62 heavy (non-hydrogen) atoms. The summed E-state index contributed by atoms with van der Waals surface area (Å²) in [6.45, 7) is 4.26. The van der Waals surface area contributed by atoms with Crippen LogP contribution in [0.15, 0.2) is 0 Å². The van der Waals surface area contributed by atoms with Gasteiger partial charge in [0.05, 0.1) is 44.9 Å². The Balaban J connectivity index is 3.70. The van der Waals surface area contributed by atoms with Crippen molar-refractivity contribution < 1.29 is 67.5 Å². The maximum atomic E-state index is 12.5. The van der Waals surface area contributed by atoms with Crippen LogP contribution < -0.4 is 5.32 Å². The molecule has 0 aliphatic carbocycles. The molecule has 0 aromatic rings. The first-order valence-corrected chi connectivity index (χ1v) is 23.4. The van der Waals surface area contributed by atoms with Crippen LogP contribution in [0.25, 0.3) is 0 Å². The summed E-state index contributed by atoms with van der Waals surface area (Å²) in [6.07, 6.45) is 20.8. The van der Waals surface area contributed by atoms with E-state index in [9.17, 15) is 48.6 Å². The Morgan fingerprint density at radius 3 is 1.27 bits per heavy atom. The number of amides is 1. The van der Waals surface area contributed by atoms with E-state index in [2.05, 4.69) is 5.32 Å². The number of Topliss-reactive ketones (excluding diaryl/α,β-unsaturated/α-hetero) is 5. The maximum Gasteiger partial charge on any atom is 0.306 e. The van der Waals surface area contributed by atoms with Crippen LogP contribution in [0.5, 0.6) is 0 Å². The lowest BCUT2D eigenvalue weighted by atomic mass is 9.94. The van der Waals surface area contributed by atoms with Crippen molar-refractivity contribution in [3.63, 3.8) is 0 Å². The first-order valence-electron chi connectivity index (χ1n) is 23.4. The molecule has 1 amide bonds. The van der Waals surface area contributed by atoms with Crippen molar-refractivity contribution in [1.82, 2.24) is 5.32 Å². The zero-order valence-corrected chi connectivity index (χ0v) is 38.2. The molecule has 0 unspecified atom stereocenters. The molecule has 0 bridgehead atoms. The highest BCUT2D eigenvalue weighted by atomic mass is 16.5. The third-order valence-electron chi connectivity index (χ3n) is 10.5. The number of unbranched alkanes of at least 4 members (excludes halogenated alkanes) is 15. The number of nitrogens with one attached hydrogen (secondary N) is 1. The molecule has 2 atom stereocenters. The molecule has 0 fully saturated rings. The molecule has 0 saturated carbocycles. The van der Waals surface area contributed by atoms with Gasteiger partial charge < -0.3 is 44.1 Å². The third-order valence-corrected chi connectivity index (χ3v) is 10.5. The summed E-state index contributed by atoms with van der Waals surface area (Å²) in [7, 11) is 0. The zero-order valence-electron chi connectivity index (χ0n) is 38.2. The minimum atomic E-state index is -1.12. The Bertz CT molecular complexity index is 1260. The number of carbonyl (C=O) groups excluding carboxylic acids is 6. The monoisotopic (exact) mass is 884 g/mol. The molecule has 0 aliphatic heterocycles. The van der Waals surface area contributed by atoms with Crippen molar-refractivity contribution in [2.24, 2.45) is 11.8 Å². The highest BCUT2D eigenvalue weighted by molar-refractivity contribution is 5.85. The fraction of sp³-hybridized carbons (Fsp3) is 0.830. The Hall–Kier alpha value is -3.40. The number of ether oxygens (including phenoxy) is 4. The van der Waals surface area contributed by atoms with Crippen LogP contribution in [0.3, 0.4) is 0 Å². The van der Waals surface area contributed by atoms with E-state index >= 15 is 0 Å². The van der Waals surface area contributed by atoms with E-state index in [1.165, 1.54) is 77.6 Å². The molecule has 0 aliphatic rings. The number of carboxylic acid groups (broad SMARTS) is 2. The van der Waals surface area contributed by atoms with E-state index in [-0.39, 0.29) is 127 Å². The predicted octanol–water partition coefficient (Wildman–Crippen LogP) is 7.60. The average molecular weight is 884 g/mol. The molecule has 15 nitrogen and oxygen atoms in total. The summed E-state index contributed by atoms with van der Waals surface area (Å²) < 4.78 is 21.4. The van der Waals surface area contributed by atoms with Crippen molar-refractivity contribution in [3.05, 3.63) is 0 Å². The first kappa shape index (κ1) is 58.6. The van der Waals surface area contributed by atoms with Gasteiger partial charge >= 0.3 is 11.9 Å². The quantitative estimate of drug-likeness (QED) is 0.0501. The number of carboxylic acids is 2. The second kappa shape index (κ2) is 41.6. The van der Waals surface area contributed by atoms with Gasteiger partial charge in [-0.05, 0) is 46.0 Å². The second-order valence-corrected chi connectivity index (χ2v) is 16.5. The summed E-state index contributed by atoms with van der Waals surface area (Å²) in [6, 6.07) is 0. The third kappa shape index (κ3) is 40.7. The van der Waals surface area contributed by atoms with E-state index in [1.54, 1.807) is 6.92 Å². The lowest BCUT2D eigenvalue weighted by Crippen LogP contribution is -2.29. The van der Waals surface area contributed by atoms with Crippen molar-refractivity contribution in [2.45, 2.75) is 181 Å². The number of hydrogen-bond acceptors (Lipinski definition) is 12. The molecule has 0 rings (SSSR count). The van der Waals surface area contributed by atoms with Gasteiger partial charge in [-0.1, -0.05) is 89.9 Å². The molecule has 3 N–H and O–H groups in total. The van der Waals surface area contributed by atoms with Crippen LogP contribution in [0, 0.1) is 11.8 Å². The highest BCUT2D eigenvalue weighted by Gasteiger charge is 2.23. The van der Waals surface area contributed by atoms with Crippen LogP contribution in [-0.2, 0) is 57.3 Å². The van der Waals surface area contributed by atoms with E-state index in [4.69, 9.17) is 18.9 Å². The normalized spacial score (nSPS) is 12.2. The maximum absolute atomic E-state index is 12.5. The molecule has 0 spiro atoms. The molecule has 0 aromatic carbocycles. The summed E-state index contributed by atoms with van der Waals surface area (Å²) in [5.41, 5.74) is 0. The molecular weight excluding hydrogens is 803 g/mol. The van der Waals surface area contributed by atoms with Gasteiger partial charge in [0.2, 0.25) is 5.91 Å². The molecule has 0 aromatic heterocycles. The summed E-state index contributed by atoms with van der Waals surface area (Å²) in [5, 5.41) is 21.5. The van der Waals surface area contributed by atoms with E-state index in [0.717, 1.165) is 38.5 Å². The predicted molar refractivity (Wildman–Crippen MR) is 235 cm³/mol. The Morgan fingerprint density at radius 2 is 0.790 bits per heavy atom. The van der Waals surface area contributed by atoms with Gasteiger partial charge in [0.15, 0.2) is 11.6 Å². The Labute approximate surface area is 370 Å². The van der Waals surface area contributed by atoms with E-state index in [0.29, 0.717) is 25.2 Å². The molecular formula is C47H81NO14. The molecule has 0 saturated heterocycles. The summed E-state index contributed by atoms with van der Waals surface area (Å²) >= 11 is 0. The molecule has 0 heterocycles. The van der Waals surface area contributed by atoms with Gasteiger partial charge in [-0.15, -0.1) is 0 Å². The van der Waals surface area contributed by atoms with Crippen LogP contribution in [0.2, 0.25) is 0 Å². The number of hydrogen-bond donors (Lipinski definition) is 3. The fourth-order valence-electron chi connectivity index (χ4n) is 6.80. The van der Waals surface area contributed by atoms with Gasteiger partial charge in [-0.3, -0.25) is 28.8 Å². The molecule has 15 heteroatoms. The summed E-state index contributed by atoms with van der Waals surface area (Å²) in [5.74, 6) is -4.66. The van der Waals surface area contributed by atoms with Gasteiger partial charge in [-0.25, -0.2) is 0 Å². The van der Waals surface area contributed by atoms with Crippen LogP contribution in [0.1, 0.15) is 181 Å². The zero-order chi connectivity index (χ0) is 46.1. The van der Waals surface area contributed by atoms with Crippen LogP contribution >= 0.6 is 0 Å². The molecule has 358 valence electrons. The standard InChI is InChI=1S/C47H81NO14/c1-38(49)20-17-15-13-11-9-7-5-3-4-6-8-10-12-14-16-18-21-42(51)34-41(47(57)58)25-26-45(54)48-27-29-60-31-33-61-36-43(52)22-19-28-59-30-32-62-37-44(53)35-40(46(55)56)24-23-39(2)50/h40-41H,3-37H2,1-2H3,(H,48,54)(H,55,56)(H,57,58)/t40-,41-/m1/s1. The number of carbonyl (C=O) groups is 8. The Kier molecular flexibility index (Phi) is 39.3.